The molecule has 2 aromatic carbocycles. The number of H-pyrrole nitrogens is 1. The lowest BCUT2D eigenvalue weighted by Crippen LogP contribution is -2.41. The van der Waals surface area contributed by atoms with Crippen LogP contribution in [0, 0.1) is 75.9 Å². The number of rotatable bonds is 24. The van der Waals surface area contributed by atoms with Gasteiger partial charge in [-0.25, -0.2) is 19.9 Å². The number of benzene rings is 2. The van der Waals surface area contributed by atoms with E-state index in [9.17, 15) is 20.6 Å². The van der Waals surface area contributed by atoms with E-state index >= 15 is 0 Å². The Balaban J connectivity index is 0.000000197. The van der Waals surface area contributed by atoms with Crippen molar-refractivity contribution in [1.29, 1.82) is 5.26 Å². The van der Waals surface area contributed by atoms with Gasteiger partial charge in [-0.2, -0.15) is 25.2 Å². The molecule has 614 valence electrons. The van der Waals surface area contributed by atoms with E-state index in [1.54, 1.807) is 24.8 Å². The van der Waals surface area contributed by atoms with Crippen molar-refractivity contribution in [2.75, 3.05) is 68.7 Å². The zero-order valence-corrected chi connectivity index (χ0v) is 68.7. The van der Waals surface area contributed by atoms with Gasteiger partial charge in [0, 0.05) is 123 Å². The van der Waals surface area contributed by atoms with Gasteiger partial charge in [-0.15, -0.1) is 19.3 Å². The highest BCUT2D eigenvalue weighted by Crippen LogP contribution is 2.43. The summed E-state index contributed by atoms with van der Waals surface area (Å²) < 4.78 is 4.31. The number of nitrogens with zero attached hydrogens (tertiary/aromatic N) is 12. The van der Waals surface area contributed by atoms with Crippen LogP contribution in [0.1, 0.15) is 191 Å². The maximum Gasteiger partial charge on any atom is 0.224 e. The van der Waals surface area contributed by atoms with Gasteiger partial charge in [-0.05, 0) is 176 Å². The predicted octanol–water partition coefficient (Wildman–Crippen LogP) is 16.3. The van der Waals surface area contributed by atoms with E-state index in [1.807, 2.05) is 42.9 Å². The molecule has 0 saturated heterocycles. The highest BCUT2D eigenvalue weighted by atomic mass is 16.3. The van der Waals surface area contributed by atoms with Crippen molar-refractivity contribution in [3.63, 3.8) is 0 Å². The van der Waals surface area contributed by atoms with Crippen molar-refractivity contribution in [3.8, 4) is 43.1 Å². The number of fused-ring (bicyclic) bond motifs is 3. The number of terminal acetylenes is 3. The number of nitrogens with one attached hydrogen (secondary N) is 9. The largest absolute Gasteiger partial charge is 0.393 e. The summed E-state index contributed by atoms with van der Waals surface area (Å²) in [5, 5.41) is 69.7. The Kier molecular flexibility index (Phi) is 27.7. The van der Waals surface area contributed by atoms with Crippen LogP contribution in [0.3, 0.4) is 0 Å². The average molecular weight is 1570 g/mol. The molecule has 0 spiro atoms. The van der Waals surface area contributed by atoms with Crippen molar-refractivity contribution in [1.82, 2.24) is 59.0 Å². The molecule has 12 N–H and O–H groups in total. The predicted molar refractivity (Wildman–Crippen MR) is 475 cm³/mol. The lowest BCUT2D eigenvalue weighted by Gasteiger charge is -2.41. The molecular formula is C92H123N21O3. The molecule has 15 rings (SSSR count). The van der Waals surface area contributed by atoms with Gasteiger partial charge in [0.25, 0.3) is 0 Å². The number of pyridine rings is 1. The molecule has 4 saturated carbocycles. The van der Waals surface area contributed by atoms with E-state index in [-0.39, 0.29) is 58.4 Å². The lowest BCUT2D eigenvalue weighted by molar-refractivity contribution is 0.00924. The van der Waals surface area contributed by atoms with E-state index in [1.165, 1.54) is 39.4 Å². The molecule has 8 atom stereocenters. The van der Waals surface area contributed by atoms with E-state index < -0.39 is 0 Å². The molecule has 4 fully saturated rings. The summed E-state index contributed by atoms with van der Waals surface area (Å²) >= 11 is 0. The fraction of sp³-hybridized carbons (Fsp3) is 0.457. The Bertz CT molecular complexity index is 5000. The van der Waals surface area contributed by atoms with Crippen LogP contribution in [0.2, 0.25) is 0 Å². The number of anilines is 8. The molecule has 8 heterocycles. The number of aromatic nitrogens is 12. The quantitative estimate of drug-likeness (QED) is 0.0250. The summed E-state index contributed by atoms with van der Waals surface area (Å²) in [6, 6.07) is 30.1. The topological polar surface area (TPSA) is 322 Å². The molecule has 116 heavy (non-hydrogen) atoms. The van der Waals surface area contributed by atoms with Gasteiger partial charge in [-0.3, -0.25) is 4.98 Å². The normalized spacial score (nSPS) is 21.2. The third-order valence-electron chi connectivity index (χ3n) is 24.0. The van der Waals surface area contributed by atoms with Crippen LogP contribution in [0.4, 0.5) is 47.1 Å². The second-order valence-corrected chi connectivity index (χ2v) is 34.2. The number of nitriles is 1. The minimum Gasteiger partial charge on any atom is -0.393 e. The first-order valence-corrected chi connectivity index (χ1v) is 41.0. The number of aliphatic hydroxyl groups is 3. The first-order chi connectivity index (χ1) is 55.9. The van der Waals surface area contributed by atoms with Crippen LogP contribution in [0.25, 0.3) is 27.4 Å². The minimum atomic E-state index is -0.269. The van der Waals surface area contributed by atoms with Gasteiger partial charge in [0.15, 0.2) is 0 Å². The number of aliphatic hydroxyl groups excluding tert-OH is 3. The second kappa shape index (κ2) is 38.3. The minimum absolute atomic E-state index is 0. The summed E-state index contributed by atoms with van der Waals surface area (Å²) in [7, 11) is 0. The maximum atomic E-state index is 10.2. The standard InChI is InChI=1S/3C24H29N5O.C20H28N6.4H2/c1-4-16-15-27-23(26-13-11-17-7-9-20-19(17)6-5-12-25-20)29-22(16)28-18-8-10-21(30)24(2,3)14-18;1-4-17-16-26-23(25-12-14-29-13-11-18-7-5-6-8-20(18)29)28-22(17)27-19-9-10-21(30)24(2,3)15-19;1-4-16-14-27-23(25-12-11-17-15-26-20-8-6-5-7-19(17)20)29-22(16)28-18-9-10-21(30)24(2,3)13-18;1-15-6-7-17(12-20(15,2)3)24-18-16(13-21)14-23-19(25-18)22-8-11-26-9-4-5-10-26;;;;/h1,5-7,12,15,18,21,30H,8-11,13-14H2,2-3H3,(H2,26,27,28,29);1,5-8,11,13,16,19,21,30H,9-10,12,14-15H2,2-3H3,(H2,25,26,27,28);1,5-8,14-15,18,21,26,30H,9-13H2,2-3H3,(H2,25,27,28,29);4-5,9-10,14-15,17H,6-8,11-12H2,1-3H3,(H2,22,23,24,25);4*1H/t18-,21+;19-,21+;18-,21+;15-,17+;;;;/m1110..../s1. The molecule has 8 aromatic heterocycles. The van der Waals surface area contributed by atoms with Gasteiger partial charge in [0.1, 0.15) is 34.9 Å². The van der Waals surface area contributed by atoms with Crippen molar-refractivity contribution in [3.05, 3.63) is 180 Å². The van der Waals surface area contributed by atoms with Crippen LogP contribution < -0.4 is 42.5 Å². The highest BCUT2D eigenvalue weighted by Gasteiger charge is 2.39. The molecule has 10 aromatic rings. The Morgan fingerprint density at radius 1 is 0.500 bits per heavy atom. The van der Waals surface area contributed by atoms with Crippen LogP contribution in [0.5, 0.6) is 0 Å². The van der Waals surface area contributed by atoms with Crippen molar-refractivity contribution in [2.45, 2.75) is 214 Å². The number of hydrogen-bond donors (Lipinski definition) is 12. The van der Waals surface area contributed by atoms with Gasteiger partial charge in [0.05, 0.1) is 65.5 Å². The Morgan fingerprint density at radius 2 is 0.957 bits per heavy atom. The van der Waals surface area contributed by atoms with Gasteiger partial charge < -0.3 is 72.0 Å². The van der Waals surface area contributed by atoms with Crippen molar-refractivity contribution in [2.24, 2.45) is 27.6 Å². The number of allylic oxidation sites excluding steroid dienone is 1. The Morgan fingerprint density at radius 3 is 1.47 bits per heavy atom. The van der Waals surface area contributed by atoms with E-state index in [2.05, 4.69) is 261 Å². The van der Waals surface area contributed by atoms with Crippen LogP contribution in [-0.4, -0.2) is 143 Å². The molecule has 24 heteroatoms. The molecule has 5 aliphatic carbocycles. The van der Waals surface area contributed by atoms with Crippen molar-refractivity contribution >= 4 is 74.4 Å². The van der Waals surface area contributed by atoms with Gasteiger partial charge >= 0.3 is 0 Å². The summed E-state index contributed by atoms with van der Waals surface area (Å²) in [5.74, 6) is 13.7. The third-order valence-corrected chi connectivity index (χ3v) is 24.0. The van der Waals surface area contributed by atoms with Gasteiger partial charge in [-0.1, -0.05) is 129 Å². The number of aromatic amines is 1. The third kappa shape index (κ3) is 21.9. The SMILES string of the molecule is C#Cc1cnc(NCCC2=CCc3ncccc32)nc1N[C@@H]1CC[C@H](O)C(C)(C)C1.C#Cc1cnc(NCCc2c[nH]c3ccccc23)nc1N[C@@H]1CC[C@H](O)C(C)(C)C1.C#Cc1cnc(NCCn2ccc3ccccc32)nc1N[C@@H]1CC[C@H](O)C(C)(C)C1.C[C@H]1CC[C@@H](Nc2nc(NCCn3cccc3)ncc2C#N)CC1(C)C.[HH].[HH].[HH].[HH]. The monoisotopic (exact) mass is 1570 g/mol. The first kappa shape index (κ1) is 83.9. The molecule has 0 unspecified atom stereocenters. The lowest BCUT2D eigenvalue weighted by atomic mass is 9.68. The fourth-order valence-electron chi connectivity index (χ4n) is 16.5. The van der Waals surface area contributed by atoms with E-state index in [4.69, 9.17) is 19.3 Å². The summed E-state index contributed by atoms with van der Waals surface area (Å²) in [6.07, 6.45) is 48.8. The van der Waals surface area contributed by atoms with Crippen LogP contribution >= 0.6 is 0 Å². The molecule has 24 nitrogen and oxygen atoms in total. The van der Waals surface area contributed by atoms with E-state index in [0.717, 1.165) is 134 Å². The molecule has 0 radical (unpaired) electrons. The number of hydrogen-bond acceptors (Lipinski definition) is 21. The highest BCUT2D eigenvalue weighted by molar-refractivity contribution is 5.83. The summed E-state index contributed by atoms with van der Waals surface area (Å²) in [5.41, 5.74) is 9.71. The smallest absolute Gasteiger partial charge is 0.224 e. The Labute approximate surface area is 689 Å². The zero-order chi connectivity index (χ0) is 82.0. The molecule has 0 bridgehead atoms. The van der Waals surface area contributed by atoms with Gasteiger partial charge in [0.2, 0.25) is 23.8 Å². The zero-order valence-electron chi connectivity index (χ0n) is 68.7. The average Bonchev–Trinajstić information content (AvgIpc) is 1.55. The summed E-state index contributed by atoms with van der Waals surface area (Å²) in [6.45, 7) is 24.1. The molecule has 0 aliphatic heterocycles. The number of para-hydroxylation sites is 2. The maximum absolute atomic E-state index is 10.2. The summed E-state index contributed by atoms with van der Waals surface area (Å²) in [4.78, 5) is 43.6. The van der Waals surface area contributed by atoms with Crippen molar-refractivity contribution < 1.29 is 21.0 Å². The Hall–Kier alpha value is -11.5. The molecular weight excluding hydrogens is 1450 g/mol. The van der Waals surface area contributed by atoms with E-state index in [0.29, 0.717) is 93.2 Å². The fourth-order valence-corrected chi connectivity index (χ4v) is 16.5. The van der Waals surface area contributed by atoms with Crippen LogP contribution in [0.15, 0.2) is 141 Å². The second-order valence-electron chi connectivity index (χ2n) is 34.2. The first-order valence-electron chi connectivity index (χ1n) is 41.0. The molecule has 0 amide bonds. The van der Waals surface area contributed by atoms with Crippen LogP contribution in [-0.2, 0) is 25.9 Å². The molecule has 5 aliphatic rings.